The van der Waals surface area contributed by atoms with Gasteiger partial charge in [-0.05, 0) is 58.7 Å². The lowest BCUT2D eigenvalue weighted by molar-refractivity contribution is 0.336. The van der Waals surface area contributed by atoms with Gasteiger partial charge in [0.05, 0.1) is 0 Å². The molecule has 0 aromatic carbocycles. The zero-order valence-corrected chi connectivity index (χ0v) is 15.1. The molecule has 0 spiro atoms. The SMILES string of the molecule is CCCCN(CCCC)[Si](C)(C)O[Si](C)(C)C. The molecule has 0 amide bonds. The van der Waals surface area contributed by atoms with Gasteiger partial charge in [-0.25, -0.2) is 0 Å². The van der Waals surface area contributed by atoms with E-state index in [9.17, 15) is 0 Å². The summed E-state index contributed by atoms with van der Waals surface area (Å²) in [6.45, 7) is 18.6. The second-order valence-corrected chi connectivity index (χ2v) is 14.9. The van der Waals surface area contributed by atoms with E-state index in [-0.39, 0.29) is 0 Å². The van der Waals surface area contributed by atoms with Crippen LogP contribution < -0.4 is 0 Å². The molecule has 0 rings (SSSR count). The van der Waals surface area contributed by atoms with Gasteiger partial charge in [-0.3, -0.25) is 0 Å². The van der Waals surface area contributed by atoms with Crippen molar-refractivity contribution in [2.24, 2.45) is 0 Å². The van der Waals surface area contributed by atoms with Crippen molar-refractivity contribution < 1.29 is 4.12 Å². The van der Waals surface area contributed by atoms with E-state index in [2.05, 4.69) is 51.1 Å². The van der Waals surface area contributed by atoms with Crippen molar-refractivity contribution in [2.75, 3.05) is 13.1 Å². The first kappa shape index (κ1) is 17.4. The van der Waals surface area contributed by atoms with Gasteiger partial charge in [0.15, 0.2) is 8.32 Å². The van der Waals surface area contributed by atoms with E-state index in [4.69, 9.17) is 4.12 Å². The van der Waals surface area contributed by atoms with E-state index in [1.165, 1.54) is 38.8 Å². The number of hydrogen-bond donors (Lipinski definition) is 0. The van der Waals surface area contributed by atoms with Gasteiger partial charge in [0, 0.05) is 0 Å². The molecule has 0 unspecified atom stereocenters. The first-order valence-electron chi connectivity index (χ1n) is 7.18. The largest absolute Gasteiger partial charge is 0.445 e. The molecular formula is C13H33NOSi2. The fourth-order valence-corrected chi connectivity index (χ4v) is 10.1. The third kappa shape index (κ3) is 8.13. The molecule has 0 aromatic heterocycles. The molecular weight excluding hydrogens is 242 g/mol. The molecule has 0 aliphatic rings. The Morgan fingerprint density at radius 1 is 0.824 bits per heavy atom. The van der Waals surface area contributed by atoms with Crippen LogP contribution in [-0.4, -0.2) is 34.5 Å². The molecule has 0 aliphatic heterocycles. The Bertz CT molecular complexity index is 194. The van der Waals surface area contributed by atoms with Gasteiger partial charge in [0.25, 0.3) is 8.48 Å². The van der Waals surface area contributed by atoms with Crippen molar-refractivity contribution >= 4 is 16.8 Å². The predicted molar refractivity (Wildman–Crippen MR) is 83.3 cm³/mol. The van der Waals surface area contributed by atoms with Crippen molar-refractivity contribution in [3.05, 3.63) is 0 Å². The van der Waals surface area contributed by atoms with E-state index in [0.29, 0.717) is 0 Å². The van der Waals surface area contributed by atoms with Crippen LogP contribution in [-0.2, 0) is 4.12 Å². The van der Waals surface area contributed by atoms with E-state index in [0.717, 1.165) is 0 Å². The van der Waals surface area contributed by atoms with E-state index in [1.54, 1.807) is 0 Å². The standard InChI is InChI=1S/C13H33NOSi2/c1-8-10-12-14(13-11-9-2)17(6,7)15-16(3,4)5/h8-13H2,1-7H3. The summed E-state index contributed by atoms with van der Waals surface area (Å²) in [7, 11) is -3.06. The third-order valence-electron chi connectivity index (χ3n) is 2.88. The number of hydrogen-bond acceptors (Lipinski definition) is 2. The highest BCUT2D eigenvalue weighted by molar-refractivity contribution is 6.82. The Kier molecular flexibility index (Phi) is 7.88. The molecule has 104 valence electrons. The smallest absolute Gasteiger partial charge is 0.254 e. The average Bonchev–Trinajstić information content (AvgIpc) is 2.13. The highest BCUT2D eigenvalue weighted by Crippen LogP contribution is 2.19. The normalized spacial score (nSPS) is 13.4. The molecule has 2 nitrogen and oxygen atoms in total. The maximum absolute atomic E-state index is 6.49. The Labute approximate surface area is 111 Å². The Hall–Kier alpha value is 0.354. The summed E-state index contributed by atoms with van der Waals surface area (Å²) in [6.07, 6.45) is 5.16. The molecule has 0 saturated heterocycles. The van der Waals surface area contributed by atoms with Crippen molar-refractivity contribution in [2.45, 2.75) is 72.3 Å². The summed E-state index contributed by atoms with van der Waals surface area (Å²) >= 11 is 0. The topological polar surface area (TPSA) is 12.5 Å². The lowest BCUT2D eigenvalue weighted by Gasteiger charge is -2.40. The van der Waals surface area contributed by atoms with Crippen LogP contribution in [0.15, 0.2) is 0 Å². The van der Waals surface area contributed by atoms with Crippen molar-refractivity contribution in [3.8, 4) is 0 Å². The van der Waals surface area contributed by atoms with Crippen molar-refractivity contribution in [3.63, 3.8) is 0 Å². The quantitative estimate of drug-likeness (QED) is 0.577. The van der Waals surface area contributed by atoms with Gasteiger partial charge < -0.3 is 8.68 Å². The molecule has 0 aromatic rings. The highest BCUT2D eigenvalue weighted by atomic mass is 28.4. The first-order valence-corrected chi connectivity index (χ1v) is 13.4. The Morgan fingerprint density at radius 3 is 1.53 bits per heavy atom. The summed E-state index contributed by atoms with van der Waals surface area (Å²) < 4.78 is 9.15. The zero-order valence-electron chi connectivity index (χ0n) is 13.1. The third-order valence-corrected chi connectivity index (χ3v) is 9.30. The van der Waals surface area contributed by atoms with Crippen LogP contribution in [0.3, 0.4) is 0 Å². The van der Waals surface area contributed by atoms with Crippen LogP contribution >= 0.6 is 0 Å². The number of unbranched alkanes of at least 4 members (excludes halogenated alkanes) is 2. The van der Waals surface area contributed by atoms with Gasteiger partial charge in [-0.2, -0.15) is 0 Å². The summed E-state index contributed by atoms with van der Waals surface area (Å²) in [5.41, 5.74) is 0. The van der Waals surface area contributed by atoms with E-state index in [1.807, 2.05) is 0 Å². The van der Waals surface area contributed by atoms with Crippen molar-refractivity contribution in [1.82, 2.24) is 4.57 Å². The monoisotopic (exact) mass is 275 g/mol. The second-order valence-electron chi connectivity index (χ2n) is 6.36. The van der Waals surface area contributed by atoms with Crippen LogP contribution in [0, 0.1) is 0 Å². The molecule has 0 atom stereocenters. The van der Waals surface area contributed by atoms with E-state index < -0.39 is 16.8 Å². The summed E-state index contributed by atoms with van der Waals surface area (Å²) in [6, 6.07) is 0. The molecule has 0 heterocycles. The minimum absolute atomic E-state index is 1.22. The predicted octanol–water partition coefficient (Wildman–Crippen LogP) is 4.44. The summed E-state index contributed by atoms with van der Waals surface area (Å²) in [5, 5.41) is 0. The molecule has 17 heavy (non-hydrogen) atoms. The van der Waals surface area contributed by atoms with Gasteiger partial charge in [-0.15, -0.1) is 0 Å². The highest BCUT2D eigenvalue weighted by Gasteiger charge is 2.35. The average molecular weight is 276 g/mol. The van der Waals surface area contributed by atoms with Gasteiger partial charge >= 0.3 is 0 Å². The molecule has 4 heteroatoms. The van der Waals surface area contributed by atoms with Crippen LogP contribution in [0.25, 0.3) is 0 Å². The van der Waals surface area contributed by atoms with Gasteiger partial charge in [0.2, 0.25) is 0 Å². The summed E-state index contributed by atoms with van der Waals surface area (Å²) in [4.78, 5) is 0. The summed E-state index contributed by atoms with van der Waals surface area (Å²) in [5.74, 6) is 0. The minimum Gasteiger partial charge on any atom is -0.445 e. The maximum Gasteiger partial charge on any atom is 0.254 e. The minimum atomic E-state index is -1.65. The number of rotatable bonds is 9. The first-order chi connectivity index (χ1) is 7.73. The maximum atomic E-state index is 6.49. The lowest BCUT2D eigenvalue weighted by Crippen LogP contribution is -2.56. The van der Waals surface area contributed by atoms with Gasteiger partial charge in [0.1, 0.15) is 0 Å². The molecule has 0 fully saturated rings. The molecule has 0 saturated carbocycles. The molecule has 0 bridgehead atoms. The van der Waals surface area contributed by atoms with Crippen molar-refractivity contribution in [1.29, 1.82) is 0 Å². The zero-order chi connectivity index (χ0) is 13.5. The van der Waals surface area contributed by atoms with Crippen LogP contribution in [0.1, 0.15) is 39.5 Å². The van der Waals surface area contributed by atoms with Gasteiger partial charge in [-0.1, -0.05) is 26.7 Å². The van der Waals surface area contributed by atoms with Crippen LogP contribution in [0.5, 0.6) is 0 Å². The molecule has 0 radical (unpaired) electrons. The molecule has 0 aliphatic carbocycles. The van der Waals surface area contributed by atoms with E-state index >= 15 is 0 Å². The van der Waals surface area contributed by atoms with Crippen LogP contribution in [0.4, 0.5) is 0 Å². The van der Waals surface area contributed by atoms with Crippen LogP contribution in [0.2, 0.25) is 32.7 Å². The fraction of sp³-hybridized carbons (Fsp3) is 1.00. The Balaban J connectivity index is 4.50. The molecule has 0 N–H and O–H groups in total. The lowest BCUT2D eigenvalue weighted by atomic mass is 10.3. The second kappa shape index (κ2) is 7.72. The Morgan fingerprint density at radius 2 is 1.24 bits per heavy atom. The number of nitrogens with zero attached hydrogens (tertiary/aromatic N) is 1. The fourth-order valence-electron chi connectivity index (χ4n) is 2.16.